The van der Waals surface area contributed by atoms with Crippen LogP contribution in [0.25, 0.3) is 22.6 Å². The molecule has 3 heterocycles. The molecule has 0 aliphatic heterocycles. The van der Waals surface area contributed by atoms with Crippen molar-refractivity contribution in [3.8, 4) is 22.6 Å². The summed E-state index contributed by atoms with van der Waals surface area (Å²) in [5.74, 6) is 1.16. The molecule has 0 saturated carbocycles. The topological polar surface area (TPSA) is 94.3 Å². The molecule has 8 heteroatoms. The van der Waals surface area contributed by atoms with Crippen molar-refractivity contribution in [2.75, 3.05) is 0 Å². The number of pyridine rings is 1. The molecule has 184 valence electrons. The number of benzene rings is 1. The molecule has 0 saturated heterocycles. The maximum absolute atomic E-state index is 13.4. The van der Waals surface area contributed by atoms with E-state index in [1.54, 1.807) is 0 Å². The SMILES string of the molecule is CCCCCc1c(C)n(CCC(C)C)c(=O)n1Cc1ccc(-c2ccccc2-c2nnn[nH]2)nc1. The van der Waals surface area contributed by atoms with Gasteiger partial charge in [0.15, 0.2) is 5.82 Å². The van der Waals surface area contributed by atoms with Crippen molar-refractivity contribution in [3.63, 3.8) is 0 Å². The van der Waals surface area contributed by atoms with E-state index in [1.807, 2.05) is 45.7 Å². The molecule has 0 atom stereocenters. The van der Waals surface area contributed by atoms with E-state index in [1.165, 1.54) is 6.42 Å². The zero-order valence-corrected chi connectivity index (χ0v) is 21.2. The van der Waals surface area contributed by atoms with Crippen LogP contribution in [-0.4, -0.2) is 34.7 Å². The van der Waals surface area contributed by atoms with Crippen LogP contribution in [0, 0.1) is 12.8 Å². The summed E-state index contributed by atoms with van der Waals surface area (Å²) in [6.07, 6.45) is 7.21. The highest BCUT2D eigenvalue weighted by Gasteiger charge is 2.17. The summed E-state index contributed by atoms with van der Waals surface area (Å²) >= 11 is 0. The first-order valence-corrected chi connectivity index (χ1v) is 12.6. The molecule has 1 aromatic carbocycles. The lowest BCUT2D eigenvalue weighted by atomic mass is 10.0. The number of nitrogens with zero attached hydrogens (tertiary/aromatic N) is 6. The van der Waals surface area contributed by atoms with E-state index in [0.29, 0.717) is 18.3 Å². The van der Waals surface area contributed by atoms with Crippen LogP contribution in [0.3, 0.4) is 0 Å². The number of rotatable bonds is 11. The highest BCUT2D eigenvalue weighted by Crippen LogP contribution is 2.28. The van der Waals surface area contributed by atoms with Crippen LogP contribution in [-0.2, 0) is 19.5 Å². The molecule has 8 nitrogen and oxygen atoms in total. The normalized spacial score (nSPS) is 11.5. The minimum absolute atomic E-state index is 0.0851. The van der Waals surface area contributed by atoms with Gasteiger partial charge in [0.1, 0.15) is 0 Å². The molecular formula is C27H35N7O. The second-order valence-corrected chi connectivity index (χ2v) is 9.54. The van der Waals surface area contributed by atoms with Crippen molar-refractivity contribution >= 4 is 0 Å². The lowest BCUT2D eigenvalue weighted by molar-refractivity contribution is 0.498. The maximum Gasteiger partial charge on any atom is 0.328 e. The van der Waals surface area contributed by atoms with Gasteiger partial charge < -0.3 is 0 Å². The van der Waals surface area contributed by atoms with Crippen molar-refractivity contribution in [2.24, 2.45) is 5.92 Å². The fourth-order valence-corrected chi connectivity index (χ4v) is 4.47. The molecule has 0 unspecified atom stereocenters. The number of tetrazole rings is 1. The van der Waals surface area contributed by atoms with Crippen LogP contribution in [0.4, 0.5) is 0 Å². The van der Waals surface area contributed by atoms with Gasteiger partial charge >= 0.3 is 5.69 Å². The van der Waals surface area contributed by atoms with Gasteiger partial charge in [0.25, 0.3) is 0 Å². The Labute approximate surface area is 206 Å². The Morgan fingerprint density at radius 2 is 1.83 bits per heavy atom. The quantitative estimate of drug-likeness (QED) is 0.308. The van der Waals surface area contributed by atoms with Crippen molar-refractivity contribution in [1.82, 2.24) is 34.7 Å². The predicted octanol–water partition coefficient (Wildman–Crippen LogP) is 5.03. The number of H-pyrrole nitrogens is 1. The highest BCUT2D eigenvalue weighted by atomic mass is 16.1. The number of nitrogens with one attached hydrogen (secondary N) is 1. The Morgan fingerprint density at radius 3 is 2.49 bits per heavy atom. The third kappa shape index (κ3) is 5.58. The van der Waals surface area contributed by atoms with Gasteiger partial charge in [-0.15, -0.1) is 5.10 Å². The third-order valence-corrected chi connectivity index (χ3v) is 6.53. The molecule has 0 amide bonds. The number of hydrogen-bond acceptors (Lipinski definition) is 5. The van der Waals surface area contributed by atoms with Crippen molar-refractivity contribution < 1.29 is 0 Å². The fourth-order valence-electron chi connectivity index (χ4n) is 4.47. The van der Waals surface area contributed by atoms with Crippen LogP contribution in [0.15, 0.2) is 47.4 Å². The molecular weight excluding hydrogens is 438 g/mol. The van der Waals surface area contributed by atoms with Gasteiger partial charge in [-0.25, -0.2) is 9.89 Å². The molecule has 0 aliphatic carbocycles. The Hall–Kier alpha value is -3.55. The van der Waals surface area contributed by atoms with Crippen LogP contribution >= 0.6 is 0 Å². The zero-order valence-electron chi connectivity index (χ0n) is 21.2. The number of unbranched alkanes of at least 4 members (excludes halogenated alkanes) is 2. The second kappa shape index (κ2) is 11.3. The highest BCUT2D eigenvalue weighted by molar-refractivity contribution is 5.78. The van der Waals surface area contributed by atoms with E-state index in [2.05, 4.69) is 54.4 Å². The van der Waals surface area contributed by atoms with Crippen molar-refractivity contribution in [1.29, 1.82) is 0 Å². The van der Waals surface area contributed by atoms with Crippen LogP contribution < -0.4 is 5.69 Å². The van der Waals surface area contributed by atoms with Crippen LogP contribution in [0.2, 0.25) is 0 Å². The van der Waals surface area contributed by atoms with Gasteiger partial charge in [-0.05, 0) is 54.2 Å². The van der Waals surface area contributed by atoms with Crippen LogP contribution in [0.5, 0.6) is 0 Å². The summed E-state index contributed by atoms with van der Waals surface area (Å²) in [5, 5.41) is 14.3. The molecule has 3 aromatic heterocycles. The Bertz CT molecular complexity index is 1280. The molecule has 0 radical (unpaired) electrons. The first-order chi connectivity index (χ1) is 17.0. The zero-order chi connectivity index (χ0) is 24.8. The largest absolute Gasteiger partial charge is 0.328 e. The lowest BCUT2D eigenvalue weighted by Gasteiger charge is -2.10. The summed E-state index contributed by atoms with van der Waals surface area (Å²) in [6.45, 7) is 9.99. The van der Waals surface area contributed by atoms with Gasteiger partial charge in [-0.3, -0.25) is 14.1 Å². The van der Waals surface area contributed by atoms with Crippen molar-refractivity contribution in [2.45, 2.75) is 72.9 Å². The smallest absolute Gasteiger partial charge is 0.296 e. The Kier molecular flexibility index (Phi) is 7.90. The molecule has 35 heavy (non-hydrogen) atoms. The minimum atomic E-state index is 0.0851. The number of imidazole rings is 1. The summed E-state index contributed by atoms with van der Waals surface area (Å²) in [4.78, 5) is 18.1. The molecule has 4 rings (SSSR count). The van der Waals surface area contributed by atoms with E-state index < -0.39 is 0 Å². The van der Waals surface area contributed by atoms with E-state index in [-0.39, 0.29) is 5.69 Å². The first-order valence-electron chi connectivity index (χ1n) is 12.6. The standard InChI is InChI=1S/C27H35N7O/c1-5-6-7-12-25-20(4)33(16-15-19(2)3)27(35)34(25)18-21-13-14-24(28-17-21)22-10-8-9-11-23(22)26-29-31-32-30-26/h8-11,13-14,17,19H,5-7,12,15-16,18H2,1-4H3,(H,29,30,31,32). The van der Waals surface area contributed by atoms with Gasteiger partial charge in [0, 0.05) is 35.3 Å². The number of aromatic amines is 1. The van der Waals surface area contributed by atoms with Gasteiger partial charge in [-0.1, -0.05) is 63.9 Å². The minimum Gasteiger partial charge on any atom is -0.296 e. The summed E-state index contributed by atoms with van der Waals surface area (Å²) in [6, 6.07) is 12.0. The van der Waals surface area contributed by atoms with E-state index in [4.69, 9.17) is 4.98 Å². The fraction of sp³-hybridized carbons (Fsp3) is 0.444. The Morgan fingerprint density at radius 1 is 1.03 bits per heavy atom. The average molecular weight is 474 g/mol. The summed E-state index contributed by atoms with van der Waals surface area (Å²) < 4.78 is 3.92. The van der Waals surface area contributed by atoms with E-state index in [0.717, 1.165) is 66.0 Å². The number of hydrogen-bond donors (Lipinski definition) is 1. The molecule has 4 aromatic rings. The van der Waals surface area contributed by atoms with E-state index >= 15 is 0 Å². The lowest BCUT2D eigenvalue weighted by Crippen LogP contribution is -2.26. The van der Waals surface area contributed by atoms with Gasteiger partial charge in [0.05, 0.1) is 12.2 Å². The molecule has 0 aliphatic rings. The average Bonchev–Trinajstić information content (AvgIpc) is 3.47. The summed E-state index contributed by atoms with van der Waals surface area (Å²) in [7, 11) is 0. The van der Waals surface area contributed by atoms with E-state index in [9.17, 15) is 4.79 Å². The van der Waals surface area contributed by atoms with Gasteiger partial charge in [0.2, 0.25) is 0 Å². The summed E-state index contributed by atoms with van der Waals surface area (Å²) in [5.41, 5.74) is 6.03. The molecule has 0 bridgehead atoms. The first kappa shape index (κ1) is 24.6. The predicted molar refractivity (Wildman–Crippen MR) is 138 cm³/mol. The Balaban J connectivity index is 1.62. The van der Waals surface area contributed by atoms with Gasteiger partial charge in [-0.2, -0.15) is 0 Å². The van der Waals surface area contributed by atoms with Crippen LogP contribution in [0.1, 0.15) is 63.4 Å². The third-order valence-electron chi connectivity index (χ3n) is 6.53. The molecule has 0 spiro atoms. The second-order valence-electron chi connectivity index (χ2n) is 9.54. The maximum atomic E-state index is 13.4. The monoisotopic (exact) mass is 473 g/mol. The number of aromatic nitrogens is 7. The molecule has 0 fully saturated rings. The van der Waals surface area contributed by atoms with Crippen molar-refractivity contribution in [3.05, 3.63) is 70.0 Å². The molecule has 1 N–H and O–H groups in total.